The van der Waals surface area contributed by atoms with Gasteiger partial charge in [0.2, 0.25) is 0 Å². The van der Waals surface area contributed by atoms with Crippen molar-refractivity contribution >= 4 is 15.6 Å². The van der Waals surface area contributed by atoms with Gasteiger partial charge in [-0.2, -0.15) is 4.31 Å². The molecule has 0 atom stereocenters. The van der Waals surface area contributed by atoms with Crippen molar-refractivity contribution in [1.82, 2.24) is 6.15 Å². The van der Waals surface area contributed by atoms with Crippen LogP contribution in [-0.4, -0.2) is 19.6 Å². The summed E-state index contributed by atoms with van der Waals surface area (Å²) in [6.45, 7) is 0. The maximum absolute atomic E-state index is 9.63. The van der Waals surface area contributed by atoms with E-state index in [-0.39, 0.29) is 130 Å². The van der Waals surface area contributed by atoms with Gasteiger partial charge in [-0.15, -0.1) is 0 Å². The minimum atomic E-state index is -5.05. The summed E-state index contributed by atoms with van der Waals surface area (Å²) >= 11 is 0. The molecule has 0 unspecified atom stereocenters. The second-order valence-electron chi connectivity index (χ2n) is 1.06. The van der Waals surface area contributed by atoms with Crippen LogP contribution in [0.15, 0.2) is 0 Å². The van der Waals surface area contributed by atoms with Crippen molar-refractivity contribution in [3.05, 3.63) is 0 Å². The Bertz CT molecular complexity index is 178. The van der Waals surface area contributed by atoms with E-state index in [1.54, 1.807) is 0 Å². The molecule has 0 radical (unpaired) electrons. The molecular formula is H11NNa4O7P2. The van der Waals surface area contributed by atoms with Crippen molar-refractivity contribution in [3.63, 3.8) is 0 Å². The Balaban J connectivity index is -0.00000000889. The molecule has 7 N–H and O–H groups in total. The molecule has 0 aromatic heterocycles. The van der Waals surface area contributed by atoms with Gasteiger partial charge in [0.15, 0.2) is 0 Å². The molecule has 0 heterocycles. The first-order valence-electron chi connectivity index (χ1n) is 1.53. The van der Waals surface area contributed by atoms with Crippen molar-refractivity contribution < 1.29 is 157 Å². The minimum absolute atomic E-state index is 0. The van der Waals surface area contributed by atoms with Crippen LogP contribution < -0.4 is 124 Å². The van der Waals surface area contributed by atoms with E-state index in [1.807, 2.05) is 0 Å². The van der Waals surface area contributed by atoms with Crippen molar-refractivity contribution in [2.24, 2.45) is 0 Å². The van der Waals surface area contributed by atoms with Gasteiger partial charge in [0.1, 0.15) is 0 Å². The molecule has 0 rings (SSSR count). The summed E-state index contributed by atoms with van der Waals surface area (Å²) in [5, 5.41) is 0. The first-order chi connectivity index (χ1) is 3.71. The van der Waals surface area contributed by atoms with Gasteiger partial charge in [-0.3, -0.25) is 0 Å². The molecule has 0 saturated heterocycles. The van der Waals surface area contributed by atoms with E-state index in [9.17, 15) is 9.13 Å². The quantitative estimate of drug-likeness (QED) is 0.248. The zero-order valence-corrected chi connectivity index (χ0v) is 18.4. The molecule has 0 aliphatic rings. The third kappa shape index (κ3) is 36.0. The average Bonchev–Trinajstić information content (AvgIpc) is 1.14. The molecule has 8 nitrogen and oxygen atoms in total. The molecule has 0 aromatic carbocycles. The van der Waals surface area contributed by atoms with E-state index < -0.39 is 15.6 Å². The van der Waals surface area contributed by atoms with Crippen LogP contribution in [-0.2, 0) is 13.4 Å². The van der Waals surface area contributed by atoms with Crippen molar-refractivity contribution in [3.8, 4) is 0 Å². The minimum Gasteiger partial charge on any atom is -1.00 e. The summed E-state index contributed by atoms with van der Waals surface area (Å²) in [4.78, 5) is 31.0. The van der Waals surface area contributed by atoms with E-state index in [0.717, 1.165) is 0 Å². The molecule has 0 spiro atoms. The molecule has 0 fully saturated rings. The summed E-state index contributed by atoms with van der Waals surface area (Å²) in [6, 6.07) is 0. The van der Waals surface area contributed by atoms with Gasteiger partial charge in [-0.1, -0.05) is 0 Å². The van der Waals surface area contributed by atoms with Gasteiger partial charge in [-0.25, -0.2) is 9.13 Å². The van der Waals surface area contributed by atoms with Gasteiger partial charge < -0.3 is 31.4 Å². The number of rotatable bonds is 2. The van der Waals surface area contributed by atoms with Crippen molar-refractivity contribution in [2.45, 2.75) is 0 Å². The van der Waals surface area contributed by atoms with Gasteiger partial charge in [0.05, 0.1) is 0 Å². The fraction of sp³-hybridized carbons (Fsp3) is 0. The standard InChI is InChI=1S/H3N.4Na.H4O7P2.4H/c;;;;;1-8(2,3)7-9(4,5)6;;;;/h1H3;;;;;(H2,1,2,3)(H2,4,5,6);;;;/q;4*+1;;4*-1. The molecule has 0 amide bonds. The van der Waals surface area contributed by atoms with Crippen molar-refractivity contribution in [1.29, 1.82) is 0 Å². The second kappa shape index (κ2) is 15.3. The van der Waals surface area contributed by atoms with E-state index in [4.69, 9.17) is 19.6 Å². The van der Waals surface area contributed by atoms with E-state index in [1.165, 1.54) is 0 Å². The van der Waals surface area contributed by atoms with Crippen LogP contribution in [0.2, 0.25) is 0 Å². The zero-order valence-electron chi connectivity index (χ0n) is 12.6. The van der Waals surface area contributed by atoms with Crippen molar-refractivity contribution in [2.75, 3.05) is 0 Å². The Morgan fingerprint density at radius 1 is 0.786 bits per heavy atom. The topological polar surface area (TPSA) is 159 Å². The Kier molecular flexibility index (Phi) is 39.5. The third-order valence-electron chi connectivity index (χ3n) is 0.213. The maximum atomic E-state index is 9.63. The second-order valence-corrected chi connectivity index (χ2v) is 3.68. The first-order valence-corrected chi connectivity index (χ1v) is 4.59. The number of hydrogen-bond donors (Lipinski definition) is 5. The summed E-state index contributed by atoms with van der Waals surface area (Å²) < 4.78 is 22.2. The van der Waals surface area contributed by atoms with Crippen LogP contribution in [0, 0.1) is 0 Å². The van der Waals surface area contributed by atoms with Crippen LogP contribution in [0.1, 0.15) is 5.71 Å². The largest absolute Gasteiger partial charge is 1.00 e. The molecule has 14 heteroatoms. The molecule has 0 aliphatic heterocycles. The Labute approximate surface area is 175 Å². The van der Waals surface area contributed by atoms with E-state index in [0.29, 0.717) is 0 Å². The third-order valence-corrected chi connectivity index (χ3v) is 1.91. The average molecular weight is 291 g/mol. The fourth-order valence-electron chi connectivity index (χ4n) is 0.139. The van der Waals surface area contributed by atoms with E-state index in [2.05, 4.69) is 4.31 Å². The molecular weight excluding hydrogens is 280 g/mol. The molecule has 0 aromatic rings. The van der Waals surface area contributed by atoms with Crippen LogP contribution >= 0.6 is 15.6 Å². The molecule has 0 saturated carbocycles. The predicted molar refractivity (Wildman–Crippen MR) is 34.6 cm³/mol. The van der Waals surface area contributed by atoms with Gasteiger partial charge in [0.25, 0.3) is 0 Å². The van der Waals surface area contributed by atoms with Crippen LogP contribution in [0.4, 0.5) is 0 Å². The maximum Gasteiger partial charge on any atom is 1.00 e. The predicted octanol–water partition coefficient (Wildman–Crippen LogP) is -12.2. The van der Waals surface area contributed by atoms with Gasteiger partial charge >= 0.3 is 134 Å². The molecule has 0 bridgehead atoms. The monoisotopic (exact) mass is 291 g/mol. The van der Waals surface area contributed by atoms with Crippen LogP contribution in [0.5, 0.6) is 0 Å². The molecule has 0 aliphatic carbocycles. The number of phosphoric acid groups is 2. The SMILES string of the molecule is N.O=P(O)(O)OP(=O)(O)O.[H-].[H-].[H-].[H-].[Na+].[Na+].[Na+].[Na+]. The first kappa shape index (κ1) is 36.2. The fourth-order valence-corrected chi connectivity index (χ4v) is 1.25. The summed E-state index contributed by atoms with van der Waals surface area (Å²) in [6.07, 6.45) is 0. The Morgan fingerprint density at radius 2 is 0.929 bits per heavy atom. The number of hydrogen-bond acceptors (Lipinski definition) is 4. The van der Waals surface area contributed by atoms with Crippen LogP contribution in [0.3, 0.4) is 0 Å². The van der Waals surface area contributed by atoms with Gasteiger partial charge in [0, 0.05) is 0 Å². The van der Waals surface area contributed by atoms with Crippen LogP contribution in [0.25, 0.3) is 0 Å². The smallest absolute Gasteiger partial charge is 1.00 e. The normalized spacial score (nSPS) is 8.86. The Morgan fingerprint density at radius 3 is 0.929 bits per heavy atom. The van der Waals surface area contributed by atoms with Gasteiger partial charge in [-0.05, 0) is 0 Å². The zero-order chi connectivity index (χ0) is 7.71. The summed E-state index contributed by atoms with van der Waals surface area (Å²) in [7, 11) is -10.1. The van der Waals surface area contributed by atoms with E-state index >= 15 is 0 Å². The summed E-state index contributed by atoms with van der Waals surface area (Å²) in [5.41, 5.74) is 0. The molecule has 14 heavy (non-hydrogen) atoms. The molecule has 72 valence electrons. The Hall–Kier alpha value is 4.22. The summed E-state index contributed by atoms with van der Waals surface area (Å²) in [5.74, 6) is 0.